The Balaban J connectivity index is 1.49. The molecule has 47 heavy (non-hydrogen) atoms. The van der Waals surface area contributed by atoms with E-state index in [1.165, 1.54) is 14.0 Å². The molecule has 4 N–H and O–H groups in total. The van der Waals surface area contributed by atoms with Crippen LogP contribution in [0.3, 0.4) is 0 Å². The minimum absolute atomic E-state index is 0.00494. The summed E-state index contributed by atoms with van der Waals surface area (Å²) in [7, 11) is 1.52. The number of benzene rings is 1. The first-order chi connectivity index (χ1) is 22.5. The molecule has 2 aliphatic carbocycles. The van der Waals surface area contributed by atoms with E-state index in [0.29, 0.717) is 44.3 Å². The van der Waals surface area contributed by atoms with Gasteiger partial charge in [0.05, 0.1) is 13.2 Å². The second kappa shape index (κ2) is 15.1. The smallest absolute Gasteiger partial charge is 0.332 e. The van der Waals surface area contributed by atoms with Crippen molar-refractivity contribution in [1.29, 1.82) is 0 Å². The Morgan fingerprint density at radius 1 is 1.02 bits per heavy atom. The number of hydrogen-bond donors (Lipinski definition) is 4. The zero-order valence-corrected chi connectivity index (χ0v) is 28.6. The van der Waals surface area contributed by atoms with Gasteiger partial charge in [0.25, 0.3) is 0 Å². The number of aromatic hydroxyl groups is 1. The summed E-state index contributed by atoms with van der Waals surface area (Å²) in [5.41, 5.74) is -0.981. The third-order valence-electron chi connectivity index (χ3n) is 11.7. The lowest BCUT2D eigenvalue weighted by molar-refractivity contribution is -0.181. The maximum Gasteiger partial charge on any atom is 0.332 e. The molecule has 262 valence electrons. The number of carbonyl (C=O) groups excluding carboxylic acids is 3. The summed E-state index contributed by atoms with van der Waals surface area (Å²) in [4.78, 5) is 40.9. The van der Waals surface area contributed by atoms with Crippen molar-refractivity contribution in [2.24, 2.45) is 16.7 Å². The Morgan fingerprint density at radius 2 is 1.74 bits per heavy atom. The average Bonchev–Trinajstić information content (AvgIpc) is 3.51. The van der Waals surface area contributed by atoms with Crippen LogP contribution >= 0.6 is 0 Å². The number of hydrogen-bond acceptors (Lipinski definition) is 9. The summed E-state index contributed by atoms with van der Waals surface area (Å²) >= 11 is 0. The van der Waals surface area contributed by atoms with E-state index in [1.54, 1.807) is 13.0 Å². The highest BCUT2D eigenvalue weighted by Gasteiger charge is 2.60. The fourth-order valence-corrected chi connectivity index (χ4v) is 9.16. The molecular formula is C37H56N2O8. The van der Waals surface area contributed by atoms with Crippen LogP contribution in [0.4, 0.5) is 0 Å². The number of amides is 1. The van der Waals surface area contributed by atoms with Crippen molar-refractivity contribution in [2.45, 2.75) is 140 Å². The molecule has 2 saturated heterocycles. The number of aliphatic hydroxyl groups is 1. The highest BCUT2D eigenvalue weighted by Crippen LogP contribution is 2.53. The SMILES string of the molecule is COc1cc(CC2([C@@H](C[C@@H](CCC[C@H](C)O)OC(C)=O)OC(=O)[C@]34CCCC[C@@H]3CC3(CCCC3)C(=O)N4)CCNCC2)ccc1O. The molecule has 4 aliphatic rings. The topological polar surface area (TPSA) is 143 Å². The summed E-state index contributed by atoms with van der Waals surface area (Å²) in [5.74, 6) is -0.286. The second-order valence-corrected chi connectivity index (χ2v) is 15.0. The van der Waals surface area contributed by atoms with Gasteiger partial charge in [-0.25, -0.2) is 4.79 Å². The molecule has 0 unspecified atom stereocenters. The fourth-order valence-electron chi connectivity index (χ4n) is 9.16. The number of piperidine rings is 2. The normalized spacial score (nSPS) is 26.8. The first kappa shape index (κ1) is 35.5. The standard InChI is InChI=1S/C37H56N2O8/c1-25(40)9-8-11-29(46-26(2)41)22-32(35(17-19-38-20-18-35)23-27-12-13-30(42)31(21-27)45-3)47-34(44)37-16-5-4-10-28(37)24-36(33(43)39-37)14-6-7-15-36/h12-13,21,25,28-29,32,38,40,42H,4-11,14-20,22-24H2,1-3H3,(H,39,43)/t25-,28+,29+,32+,37-/m0/s1. The summed E-state index contributed by atoms with van der Waals surface area (Å²) < 4.78 is 18.1. The third kappa shape index (κ3) is 7.90. The average molecular weight is 657 g/mol. The molecule has 2 heterocycles. The molecular weight excluding hydrogens is 600 g/mol. The Morgan fingerprint density at radius 3 is 2.43 bits per heavy atom. The van der Waals surface area contributed by atoms with E-state index in [9.17, 15) is 24.6 Å². The molecule has 5 rings (SSSR count). The molecule has 1 spiro atoms. The van der Waals surface area contributed by atoms with Crippen molar-refractivity contribution in [3.05, 3.63) is 23.8 Å². The van der Waals surface area contributed by atoms with Gasteiger partial charge in [-0.05, 0) is 114 Å². The number of nitrogens with one attached hydrogen (secondary N) is 2. The Hall–Kier alpha value is -2.85. The zero-order chi connectivity index (χ0) is 33.7. The van der Waals surface area contributed by atoms with Crippen LogP contribution in [0, 0.1) is 16.7 Å². The van der Waals surface area contributed by atoms with Gasteiger partial charge >= 0.3 is 11.9 Å². The van der Waals surface area contributed by atoms with E-state index in [4.69, 9.17) is 14.2 Å². The van der Waals surface area contributed by atoms with Gasteiger partial charge in [0.15, 0.2) is 11.5 Å². The summed E-state index contributed by atoms with van der Waals surface area (Å²) in [5, 5.41) is 27.0. The molecule has 10 nitrogen and oxygen atoms in total. The lowest BCUT2D eigenvalue weighted by Crippen LogP contribution is -2.68. The molecule has 2 aliphatic heterocycles. The quantitative estimate of drug-likeness (QED) is 0.213. The summed E-state index contributed by atoms with van der Waals surface area (Å²) in [6, 6.07) is 5.34. The minimum Gasteiger partial charge on any atom is -0.504 e. The Bertz CT molecular complexity index is 1250. The minimum atomic E-state index is -1.06. The van der Waals surface area contributed by atoms with Gasteiger partial charge in [0.1, 0.15) is 17.7 Å². The molecule has 10 heteroatoms. The van der Waals surface area contributed by atoms with Gasteiger partial charge in [-0.15, -0.1) is 0 Å². The van der Waals surface area contributed by atoms with Gasteiger partial charge in [0.2, 0.25) is 5.91 Å². The largest absolute Gasteiger partial charge is 0.504 e. The molecule has 0 radical (unpaired) electrons. The predicted octanol–water partition coefficient (Wildman–Crippen LogP) is 5.11. The number of phenolic OH excluding ortho intramolecular Hbond substituents is 1. The van der Waals surface area contributed by atoms with Crippen LogP contribution in [-0.2, 0) is 30.3 Å². The van der Waals surface area contributed by atoms with Gasteiger partial charge in [-0.3, -0.25) is 9.59 Å². The highest BCUT2D eigenvalue weighted by atomic mass is 16.6. The number of aliphatic hydroxyl groups excluding tert-OH is 1. The van der Waals surface area contributed by atoms with Gasteiger partial charge in [-0.2, -0.15) is 0 Å². The lowest BCUT2D eigenvalue weighted by atomic mass is 9.61. The molecule has 0 aromatic heterocycles. The zero-order valence-electron chi connectivity index (χ0n) is 28.6. The number of fused-ring (bicyclic) bond motifs is 1. The van der Waals surface area contributed by atoms with E-state index in [-0.39, 0.29) is 29.0 Å². The van der Waals surface area contributed by atoms with E-state index in [2.05, 4.69) is 10.6 Å². The third-order valence-corrected chi connectivity index (χ3v) is 11.7. The molecule has 4 fully saturated rings. The Labute approximate surface area is 279 Å². The fraction of sp³-hybridized carbons (Fsp3) is 0.757. The van der Waals surface area contributed by atoms with Crippen molar-refractivity contribution < 1.29 is 38.8 Å². The maximum atomic E-state index is 14.8. The van der Waals surface area contributed by atoms with E-state index < -0.39 is 35.2 Å². The predicted molar refractivity (Wildman–Crippen MR) is 177 cm³/mol. The first-order valence-corrected chi connectivity index (χ1v) is 18.0. The van der Waals surface area contributed by atoms with E-state index in [0.717, 1.165) is 82.9 Å². The van der Waals surface area contributed by atoms with Crippen LogP contribution in [0.5, 0.6) is 11.5 Å². The number of carbonyl (C=O) groups is 3. The van der Waals surface area contributed by atoms with Gasteiger partial charge < -0.3 is 35.1 Å². The number of phenols is 1. The van der Waals surface area contributed by atoms with Gasteiger partial charge in [0, 0.05) is 24.2 Å². The molecule has 1 aromatic carbocycles. The van der Waals surface area contributed by atoms with E-state index >= 15 is 0 Å². The first-order valence-electron chi connectivity index (χ1n) is 18.0. The van der Waals surface area contributed by atoms with Crippen molar-refractivity contribution in [2.75, 3.05) is 20.2 Å². The monoisotopic (exact) mass is 656 g/mol. The molecule has 0 bridgehead atoms. The van der Waals surface area contributed by atoms with Crippen LogP contribution in [0.1, 0.15) is 116 Å². The summed E-state index contributed by atoms with van der Waals surface area (Å²) in [6.45, 7) is 4.61. The number of methoxy groups -OCH3 is 1. The molecule has 2 saturated carbocycles. The highest BCUT2D eigenvalue weighted by molar-refractivity contribution is 5.93. The van der Waals surface area contributed by atoms with Crippen molar-refractivity contribution >= 4 is 17.8 Å². The summed E-state index contributed by atoms with van der Waals surface area (Å²) in [6.07, 6.45) is 10.4. The second-order valence-electron chi connectivity index (χ2n) is 15.0. The van der Waals surface area contributed by atoms with Crippen LogP contribution in [0.2, 0.25) is 0 Å². The lowest BCUT2D eigenvalue weighted by Gasteiger charge is -2.52. The number of esters is 2. The number of rotatable bonds is 13. The maximum absolute atomic E-state index is 14.8. The molecule has 1 aromatic rings. The van der Waals surface area contributed by atoms with Crippen molar-refractivity contribution in [3.8, 4) is 11.5 Å². The van der Waals surface area contributed by atoms with Crippen LogP contribution in [0.25, 0.3) is 0 Å². The molecule has 1 amide bonds. The number of ether oxygens (including phenoxy) is 3. The Kier molecular flexibility index (Phi) is 11.4. The van der Waals surface area contributed by atoms with Crippen molar-refractivity contribution in [3.63, 3.8) is 0 Å². The van der Waals surface area contributed by atoms with Gasteiger partial charge in [-0.1, -0.05) is 31.7 Å². The van der Waals surface area contributed by atoms with Crippen molar-refractivity contribution in [1.82, 2.24) is 10.6 Å². The van der Waals surface area contributed by atoms with Crippen LogP contribution < -0.4 is 15.4 Å². The molecule has 5 atom stereocenters. The van der Waals surface area contributed by atoms with Crippen LogP contribution in [-0.4, -0.2) is 72.1 Å². The van der Waals surface area contributed by atoms with Crippen LogP contribution in [0.15, 0.2) is 18.2 Å². The van der Waals surface area contributed by atoms with E-state index in [1.807, 2.05) is 12.1 Å².